The molecule has 0 amide bonds. The van der Waals surface area contributed by atoms with Gasteiger partial charge in [0.2, 0.25) is 5.96 Å². The van der Waals surface area contributed by atoms with Crippen LogP contribution < -0.4 is 11.2 Å². The molecule has 0 atom stereocenters. The minimum Gasteiger partial charge on any atom is -0.369 e. The van der Waals surface area contributed by atoms with Crippen molar-refractivity contribution in [1.29, 1.82) is 0 Å². The van der Waals surface area contributed by atoms with Gasteiger partial charge in [-0.2, -0.15) is 18.3 Å². The second-order valence-electron chi connectivity index (χ2n) is 4.51. The quantitative estimate of drug-likeness (QED) is 0.500. The lowest BCUT2D eigenvalue weighted by atomic mass is 10.2. The normalized spacial score (nSPS) is 12.6. The maximum absolute atomic E-state index is 12.5. The number of guanidine groups is 1. The van der Waals surface area contributed by atoms with Crippen molar-refractivity contribution in [2.45, 2.75) is 12.7 Å². The number of hydrogen-bond acceptors (Lipinski definition) is 4. The molecule has 2 aromatic rings. The lowest BCUT2D eigenvalue weighted by Crippen LogP contribution is -2.27. The smallest absolute Gasteiger partial charge is 0.369 e. The molecule has 0 radical (unpaired) electrons. The summed E-state index contributed by atoms with van der Waals surface area (Å²) in [6.45, 7) is -0.0851. The Bertz CT molecular complexity index is 746. The average molecular weight is 357 g/mol. The Hall–Kier alpha value is -2.68. The van der Waals surface area contributed by atoms with Crippen LogP contribution in [0.2, 0.25) is 5.02 Å². The predicted molar refractivity (Wildman–Crippen MR) is 84.5 cm³/mol. The van der Waals surface area contributed by atoms with Crippen LogP contribution in [0, 0.1) is 0 Å². The summed E-state index contributed by atoms with van der Waals surface area (Å²) < 4.78 is 37.5. The van der Waals surface area contributed by atoms with Crippen LogP contribution >= 0.6 is 11.6 Å². The van der Waals surface area contributed by atoms with Gasteiger partial charge < -0.3 is 5.73 Å². The average Bonchev–Trinajstić information content (AvgIpc) is 2.54. The van der Waals surface area contributed by atoms with Gasteiger partial charge in [0.15, 0.2) is 0 Å². The summed E-state index contributed by atoms with van der Waals surface area (Å²) in [4.78, 5) is 11.5. The molecule has 0 fully saturated rings. The van der Waals surface area contributed by atoms with Gasteiger partial charge in [-0.1, -0.05) is 17.7 Å². The number of aromatic nitrogens is 2. The monoisotopic (exact) mass is 356 g/mol. The standard InChI is InChI=1S/C14H12ClF3N6/c15-11-4-10(14(16,17)18)7-21-12(11)8-22-13(19)24-23-6-9-2-1-3-20-5-9/h1-7H,8H2,(H3,19,22,24). The highest BCUT2D eigenvalue weighted by molar-refractivity contribution is 6.31. The van der Waals surface area contributed by atoms with E-state index in [2.05, 4.69) is 25.5 Å². The zero-order valence-corrected chi connectivity index (χ0v) is 12.9. The highest BCUT2D eigenvalue weighted by Crippen LogP contribution is 2.31. The summed E-state index contributed by atoms with van der Waals surface area (Å²) in [5.74, 6) is -0.0343. The summed E-state index contributed by atoms with van der Waals surface area (Å²) in [6, 6.07) is 4.33. The molecule has 2 aromatic heterocycles. The van der Waals surface area contributed by atoms with Crippen LogP contribution in [0.5, 0.6) is 0 Å². The van der Waals surface area contributed by atoms with Gasteiger partial charge in [0.25, 0.3) is 0 Å². The number of hydrazone groups is 1. The van der Waals surface area contributed by atoms with E-state index < -0.39 is 11.7 Å². The third-order valence-electron chi connectivity index (χ3n) is 2.72. The summed E-state index contributed by atoms with van der Waals surface area (Å²) in [5, 5.41) is 3.71. The van der Waals surface area contributed by atoms with Crippen LogP contribution in [0.25, 0.3) is 0 Å². The zero-order chi connectivity index (χ0) is 17.6. The van der Waals surface area contributed by atoms with Crippen LogP contribution in [-0.2, 0) is 12.7 Å². The van der Waals surface area contributed by atoms with E-state index in [9.17, 15) is 13.2 Å². The fourth-order valence-corrected chi connectivity index (χ4v) is 1.78. The van der Waals surface area contributed by atoms with Crippen LogP contribution in [0.15, 0.2) is 46.9 Å². The number of halogens is 4. The highest BCUT2D eigenvalue weighted by atomic mass is 35.5. The Balaban J connectivity index is 1.96. The largest absolute Gasteiger partial charge is 0.417 e. The van der Waals surface area contributed by atoms with Crippen LogP contribution in [0.3, 0.4) is 0 Å². The summed E-state index contributed by atoms with van der Waals surface area (Å²) in [7, 11) is 0. The molecule has 0 aromatic carbocycles. The van der Waals surface area contributed by atoms with Crippen molar-refractivity contribution in [3.8, 4) is 0 Å². The number of aliphatic imine (C=N–C) groups is 1. The fraction of sp³-hybridized carbons (Fsp3) is 0.143. The molecule has 0 saturated carbocycles. The minimum absolute atomic E-state index is 0.0343. The molecule has 0 aliphatic carbocycles. The molecule has 24 heavy (non-hydrogen) atoms. The molecule has 0 aliphatic heterocycles. The number of nitrogens with one attached hydrogen (secondary N) is 1. The first-order valence-corrected chi connectivity index (χ1v) is 6.94. The van der Waals surface area contributed by atoms with E-state index in [1.165, 1.54) is 6.21 Å². The summed E-state index contributed by atoms with van der Waals surface area (Å²) >= 11 is 5.77. The molecule has 126 valence electrons. The van der Waals surface area contributed by atoms with E-state index >= 15 is 0 Å². The van der Waals surface area contributed by atoms with Crippen molar-refractivity contribution in [2.75, 3.05) is 0 Å². The van der Waals surface area contributed by atoms with E-state index in [4.69, 9.17) is 17.3 Å². The number of nitrogens with zero attached hydrogens (tertiary/aromatic N) is 4. The number of hydrogen-bond donors (Lipinski definition) is 2. The SMILES string of the molecule is NC(=NCc1ncc(C(F)(F)F)cc1Cl)NN=Cc1cccnc1. The molecule has 0 spiro atoms. The fourth-order valence-electron chi connectivity index (χ4n) is 1.56. The van der Waals surface area contributed by atoms with Crippen LogP contribution in [0.1, 0.15) is 16.8 Å². The van der Waals surface area contributed by atoms with Gasteiger partial charge in [-0.3, -0.25) is 9.97 Å². The summed E-state index contributed by atoms with van der Waals surface area (Å²) in [6.07, 6.45) is 0.908. The predicted octanol–water partition coefficient (Wildman–Crippen LogP) is 2.59. The van der Waals surface area contributed by atoms with Gasteiger partial charge in [-0.15, -0.1) is 0 Å². The third kappa shape index (κ3) is 5.20. The van der Waals surface area contributed by atoms with E-state index in [0.717, 1.165) is 11.6 Å². The Kier molecular flexibility index (Phi) is 5.69. The Morgan fingerprint density at radius 3 is 2.79 bits per heavy atom. The Labute approximate surface area is 140 Å². The minimum atomic E-state index is -4.50. The third-order valence-corrected chi connectivity index (χ3v) is 3.05. The number of pyridine rings is 2. The van der Waals surface area contributed by atoms with Crippen LogP contribution in [0.4, 0.5) is 13.2 Å². The van der Waals surface area contributed by atoms with E-state index in [0.29, 0.717) is 6.20 Å². The topological polar surface area (TPSA) is 88.5 Å². The van der Waals surface area contributed by atoms with Crippen molar-refractivity contribution in [3.63, 3.8) is 0 Å². The first-order valence-electron chi connectivity index (χ1n) is 6.57. The summed E-state index contributed by atoms with van der Waals surface area (Å²) in [5.41, 5.74) is 8.07. The molecule has 0 aliphatic rings. The highest BCUT2D eigenvalue weighted by Gasteiger charge is 2.31. The Morgan fingerprint density at radius 2 is 2.17 bits per heavy atom. The van der Waals surface area contributed by atoms with Gasteiger partial charge in [0, 0.05) is 24.2 Å². The van der Waals surface area contributed by atoms with Crippen molar-refractivity contribution in [1.82, 2.24) is 15.4 Å². The second kappa shape index (κ2) is 7.73. The van der Waals surface area contributed by atoms with Crippen LogP contribution in [-0.4, -0.2) is 22.1 Å². The van der Waals surface area contributed by atoms with Gasteiger partial charge in [0.1, 0.15) is 0 Å². The van der Waals surface area contributed by atoms with Gasteiger partial charge in [-0.25, -0.2) is 10.4 Å². The first-order chi connectivity index (χ1) is 11.4. The molecule has 10 heteroatoms. The van der Waals surface area contributed by atoms with Crippen molar-refractivity contribution in [3.05, 3.63) is 58.6 Å². The van der Waals surface area contributed by atoms with Gasteiger partial charge in [0.05, 0.1) is 29.0 Å². The molecule has 2 rings (SSSR count). The van der Waals surface area contributed by atoms with E-state index in [-0.39, 0.29) is 23.2 Å². The van der Waals surface area contributed by atoms with E-state index in [1.807, 2.05) is 0 Å². The molecule has 0 saturated heterocycles. The molecular formula is C14H12ClF3N6. The second-order valence-corrected chi connectivity index (χ2v) is 4.92. The number of alkyl halides is 3. The zero-order valence-electron chi connectivity index (χ0n) is 12.1. The molecule has 2 heterocycles. The lowest BCUT2D eigenvalue weighted by Gasteiger charge is -2.08. The number of rotatable bonds is 4. The molecule has 6 nitrogen and oxygen atoms in total. The Morgan fingerprint density at radius 1 is 1.38 bits per heavy atom. The molecule has 3 N–H and O–H groups in total. The molecule has 0 bridgehead atoms. The first kappa shape index (κ1) is 17.7. The van der Waals surface area contributed by atoms with E-state index in [1.54, 1.807) is 24.5 Å². The van der Waals surface area contributed by atoms with Crippen molar-refractivity contribution >= 4 is 23.8 Å². The lowest BCUT2D eigenvalue weighted by molar-refractivity contribution is -0.137. The maximum atomic E-state index is 12.5. The van der Waals surface area contributed by atoms with Crippen molar-refractivity contribution in [2.24, 2.45) is 15.8 Å². The van der Waals surface area contributed by atoms with Gasteiger partial charge in [-0.05, 0) is 12.1 Å². The molecule has 0 unspecified atom stereocenters. The molecular weight excluding hydrogens is 345 g/mol. The van der Waals surface area contributed by atoms with Crippen molar-refractivity contribution < 1.29 is 13.2 Å². The maximum Gasteiger partial charge on any atom is 0.417 e. The van der Waals surface area contributed by atoms with Gasteiger partial charge >= 0.3 is 6.18 Å². The number of nitrogens with two attached hydrogens (primary N) is 1.